The number of methoxy groups -OCH3 is 1. The lowest BCUT2D eigenvalue weighted by Gasteiger charge is -2.29. The molecule has 0 saturated heterocycles. The van der Waals surface area contributed by atoms with Gasteiger partial charge >= 0.3 is 12.0 Å². The van der Waals surface area contributed by atoms with E-state index >= 15 is 0 Å². The SMILES string of the molecule is CCOC(=O)C1=C(CSc2nnc(-c3cccnc3)n2C)NC(=O)NC1c1ccc(OC)cc1. The van der Waals surface area contributed by atoms with Crippen LogP contribution in [0.3, 0.4) is 0 Å². The molecular weight excluding hydrogens is 456 g/mol. The van der Waals surface area contributed by atoms with Crippen LogP contribution in [0.5, 0.6) is 5.75 Å². The van der Waals surface area contributed by atoms with Crippen LogP contribution in [0.15, 0.2) is 65.2 Å². The maximum atomic E-state index is 12.9. The molecule has 176 valence electrons. The first-order chi connectivity index (χ1) is 16.5. The summed E-state index contributed by atoms with van der Waals surface area (Å²) in [5, 5.41) is 14.8. The molecule has 0 radical (unpaired) electrons. The van der Waals surface area contributed by atoms with Crippen molar-refractivity contribution in [3.05, 3.63) is 65.6 Å². The number of carbonyl (C=O) groups is 2. The second-order valence-corrected chi connectivity index (χ2v) is 8.26. The van der Waals surface area contributed by atoms with Gasteiger partial charge in [-0.25, -0.2) is 9.59 Å². The van der Waals surface area contributed by atoms with Crippen molar-refractivity contribution in [1.82, 2.24) is 30.4 Å². The Morgan fingerprint density at radius 2 is 2.00 bits per heavy atom. The molecule has 0 saturated carbocycles. The van der Waals surface area contributed by atoms with Crippen molar-refractivity contribution < 1.29 is 19.1 Å². The Balaban J connectivity index is 1.64. The minimum absolute atomic E-state index is 0.212. The van der Waals surface area contributed by atoms with Crippen molar-refractivity contribution in [2.24, 2.45) is 7.05 Å². The highest BCUT2D eigenvalue weighted by Crippen LogP contribution is 2.31. The smallest absolute Gasteiger partial charge is 0.338 e. The van der Waals surface area contributed by atoms with Crippen LogP contribution >= 0.6 is 11.8 Å². The number of urea groups is 1. The number of rotatable bonds is 8. The Kier molecular flexibility index (Phi) is 7.12. The molecule has 1 unspecified atom stereocenters. The highest BCUT2D eigenvalue weighted by atomic mass is 32.2. The molecule has 0 fully saturated rings. The van der Waals surface area contributed by atoms with Crippen molar-refractivity contribution >= 4 is 23.8 Å². The van der Waals surface area contributed by atoms with Gasteiger partial charge in [0.2, 0.25) is 0 Å². The molecule has 3 aromatic rings. The maximum absolute atomic E-state index is 12.9. The van der Waals surface area contributed by atoms with Gasteiger partial charge in [0.05, 0.1) is 25.3 Å². The third kappa shape index (κ3) is 4.88. The van der Waals surface area contributed by atoms with Crippen LogP contribution in [-0.2, 0) is 16.6 Å². The first kappa shape index (κ1) is 23.3. The number of hydrogen-bond acceptors (Lipinski definition) is 8. The van der Waals surface area contributed by atoms with Crippen LogP contribution in [0.2, 0.25) is 0 Å². The largest absolute Gasteiger partial charge is 0.497 e. The van der Waals surface area contributed by atoms with Gasteiger partial charge in [0.25, 0.3) is 0 Å². The summed E-state index contributed by atoms with van der Waals surface area (Å²) in [5.41, 5.74) is 2.37. The Hall–Kier alpha value is -3.86. The van der Waals surface area contributed by atoms with Crippen molar-refractivity contribution in [1.29, 1.82) is 0 Å². The van der Waals surface area contributed by atoms with Crippen molar-refractivity contribution in [2.75, 3.05) is 19.5 Å². The van der Waals surface area contributed by atoms with Crippen LogP contribution in [-0.4, -0.2) is 51.2 Å². The lowest BCUT2D eigenvalue weighted by molar-refractivity contribution is -0.139. The molecule has 1 aliphatic heterocycles. The molecule has 1 atom stereocenters. The Morgan fingerprint density at radius 1 is 1.21 bits per heavy atom. The molecule has 10 nitrogen and oxygen atoms in total. The normalized spacial score (nSPS) is 15.5. The van der Waals surface area contributed by atoms with Crippen molar-refractivity contribution in [3.63, 3.8) is 0 Å². The molecule has 34 heavy (non-hydrogen) atoms. The molecule has 0 bridgehead atoms. The van der Waals surface area contributed by atoms with E-state index < -0.39 is 18.0 Å². The number of amides is 2. The minimum atomic E-state index is -0.667. The quantitative estimate of drug-likeness (QED) is 0.373. The molecule has 4 rings (SSSR count). The van der Waals surface area contributed by atoms with Gasteiger partial charge in [-0.15, -0.1) is 10.2 Å². The first-order valence-electron chi connectivity index (χ1n) is 10.6. The molecule has 0 spiro atoms. The van der Waals surface area contributed by atoms with Crippen LogP contribution < -0.4 is 15.4 Å². The molecular formula is C23H24N6O4S. The van der Waals surface area contributed by atoms with E-state index in [0.29, 0.717) is 28.0 Å². The molecule has 2 N–H and O–H groups in total. The number of benzene rings is 1. The van der Waals surface area contributed by atoms with Crippen molar-refractivity contribution in [2.45, 2.75) is 18.1 Å². The van der Waals surface area contributed by atoms with Gasteiger partial charge < -0.3 is 24.7 Å². The predicted octanol–water partition coefficient (Wildman–Crippen LogP) is 2.85. The van der Waals surface area contributed by atoms with E-state index in [9.17, 15) is 9.59 Å². The van der Waals surface area contributed by atoms with Crippen LogP contribution in [0.1, 0.15) is 18.5 Å². The zero-order chi connectivity index (χ0) is 24.1. The Morgan fingerprint density at radius 3 is 2.68 bits per heavy atom. The fraction of sp³-hybridized carbons (Fsp3) is 0.261. The zero-order valence-corrected chi connectivity index (χ0v) is 19.8. The lowest BCUT2D eigenvalue weighted by Crippen LogP contribution is -2.46. The Bertz CT molecular complexity index is 1210. The number of pyridine rings is 1. The number of esters is 1. The average molecular weight is 481 g/mol. The molecule has 11 heteroatoms. The first-order valence-corrected chi connectivity index (χ1v) is 11.5. The van der Waals surface area contributed by atoms with E-state index in [2.05, 4.69) is 25.8 Å². The molecule has 1 aromatic carbocycles. The van der Waals surface area contributed by atoms with Crippen molar-refractivity contribution in [3.8, 4) is 17.1 Å². The van der Waals surface area contributed by atoms with Crippen LogP contribution in [0.25, 0.3) is 11.4 Å². The van der Waals surface area contributed by atoms with Crippen LogP contribution in [0.4, 0.5) is 4.79 Å². The molecule has 0 aliphatic carbocycles. The summed E-state index contributed by atoms with van der Waals surface area (Å²) >= 11 is 1.35. The molecule has 3 heterocycles. The van der Waals surface area contributed by atoms with Gasteiger partial charge in [-0.3, -0.25) is 4.98 Å². The zero-order valence-electron chi connectivity index (χ0n) is 18.9. The number of ether oxygens (including phenoxy) is 2. The number of nitrogens with one attached hydrogen (secondary N) is 2. The van der Waals surface area contributed by atoms with Gasteiger partial charge in [-0.05, 0) is 36.8 Å². The van der Waals surface area contributed by atoms with E-state index in [0.717, 1.165) is 11.1 Å². The lowest BCUT2D eigenvalue weighted by atomic mass is 9.95. The minimum Gasteiger partial charge on any atom is -0.497 e. The van der Waals surface area contributed by atoms with E-state index in [1.54, 1.807) is 38.6 Å². The molecule has 2 amide bonds. The number of hydrogen-bond donors (Lipinski definition) is 2. The standard InChI is InChI=1S/C23H24N6O4S/c1-4-33-21(30)18-17(25-22(31)26-19(18)14-7-9-16(32-3)10-8-14)13-34-23-28-27-20(29(23)2)15-6-5-11-24-12-15/h5-12,19H,4,13H2,1-3H3,(H2,25,26,31). The summed E-state index contributed by atoms with van der Waals surface area (Å²) in [6.07, 6.45) is 3.41. The van der Waals surface area contributed by atoms with Gasteiger partial charge in [-0.2, -0.15) is 0 Å². The van der Waals surface area contributed by atoms with Gasteiger partial charge in [0, 0.05) is 36.5 Å². The van der Waals surface area contributed by atoms with Gasteiger partial charge in [0.1, 0.15) is 5.75 Å². The summed E-state index contributed by atoms with van der Waals surface area (Å²) in [4.78, 5) is 29.6. The predicted molar refractivity (Wildman–Crippen MR) is 126 cm³/mol. The number of nitrogens with zero attached hydrogens (tertiary/aromatic N) is 4. The monoisotopic (exact) mass is 480 g/mol. The van der Waals surface area contributed by atoms with E-state index in [1.165, 1.54) is 11.8 Å². The average Bonchev–Trinajstić information content (AvgIpc) is 3.23. The van der Waals surface area contributed by atoms with E-state index in [4.69, 9.17) is 9.47 Å². The highest BCUT2D eigenvalue weighted by molar-refractivity contribution is 7.99. The topological polar surface area (TPSA) is 120 Å². The second kappa shape index (κ2) is 10.4. The maximum Gasteiger partial charge on any atom is 0.338 e. The summed E-state index contributed by atoms with van der Waals surface area (Å²) in [6, 6.07) is 9.83. The highest BCUT2D eigenvalue weighted by Gasteiger charge is 2.34. The van der Waals surface area contributed by atoms with E-state index in [-0.39, 0.29) is 12.4 Å². The third-order valence-electron chi connectivity index (χ3n) is 5.20. The fourth-order valence-corrected chi connectivity index (χ4v) is 4.43. The fourth-order valence-electron chi connectivity index (χ4n) is 3.55. The van der Waals surface area contributed by atoms with Gasteiger partial charge in [0.15, 0.2) is 11.0 Å². The molecule has 1 aliphatic rings. The van der Waals surface area contributed by atoms with E-state index in [1.807, 2.05) is 35.9 Å². The summed E-state index contributed by atoms with van der Waals surface area (Å²) in [7, 11) is 3.43. The number of thioether (sulfide) groups is 1. The number of carbonyl (C=O) groups excluding carboxylic acids is 2. The number of aromatic nitrogens is 4. The summed E-state index contributed by atoms with van der Waals surface area (Å²) in [5.74, 6) is 1.13. The summed E-state index contributed by atoms with van der Waals surface area (Å²) in [6.45, 7) is 1.95. The Labute approximate surface area is 200 Å². The second-order valence-electron chi connectivity index (χ2n) is 7.31. The van der Waals surface area contributed by atoms with Gasteiger partial charge in [-0.1, -0.05) is 23.9 Å². The molecule has 2 aromatic heterocycles. The van der Waals surface area contributed by atoms with Crippen LogP contribution in [0, 0.1) is 0 Å². The third-order valence-corrected chi connectivity index (χ3v) is 6.25. The summed E-state index contributed by atoms with van der Waals surface area (Å²) < 4.78 is 12.4.